The first-order chi connectivity index (χ1) is 9.03. The third-order valence-electron chi connectivity index (χ3n) is 4.47. The second kappa shape index (κ2) is 7.85. The molecule has 1 aliphatic rings. The molecule has 112 valence electrons. The van der Waals surface area contributed by atoms with Crippen LogP contribution in [0, 0.1) is 11.3 Å². The highest BCUT2D eigenvalue weighted by Crippen LogP contribution is 2.38. The Morgan fingerprint density at radius 1 is 1.32 bits per heavy atom. The van der Waals surface area contributed by atoms with Gasteiger partial charge in [-0.2, -0.15) is 0 Å². The van der Waals surface area contributed by atoms with Crippen molar-refractivity contribution in [3.8, 4) is 0 Å². The minimum absolute atomic E-state index is 0.0169. The van der Waals surface area contributed by atoms with Crippen LogP contribution in [-0.2, 0) is 4.79 Å². The van der Waals surface area contributed by atoms with Crippen molar-refractivity contribution in [2.45, 2.75) is 64.8 Å². The summed E-state index contributed by atoms with van der Waals surface area (Å²) in [7, 11) is 0. The first-order valence-corrected chi connectivity index (χ1v) is 7.63. The minimum Gasteiger partial charge on any atom is -0.396 e. The van der Waals surface area contributed by atoms with Crippen molar-refractivity contribution in [1.82, 2.24) is 5.32 Å². The van der Waals surface area contributed by atoms with Crippen molar-refractivity contribution in [2.75, 3.05) is 13.2 Å². The topological polar surface area (TPSA) is 75.3 Å². The quantitative estimate of drug-likeness (QED) is 0.660. The average molecular weight is 270 g/mol. The number of carbonyl (C=O) groups excluding carboxylic acids is 1. The van der Waals surface area contributed by atoms with Gasteiger partial charge in [0.25, 0.3) is 0 Å². The predicted octanol–water partition coefficient (Wildman–Crippen LogP) is 1.81. The molecule has 1 fully saturated rings. The molecule has 0 radical (unpaired) electrons. The van der Waals surface area contributed by atoms with Gasteiger partial charge in [-0.25, -0.2) is 0 Å². The lowest BCUT2D eigenvalue weighted by Crippen LogP contribution is -2.44. The molecular formula is C15H30N2O2. The second-order valence-electron chi connectivity index (χ2n) is 6.37. The Hall–Kier alpha value is -0.610. The summed E-state index contributed by atoms with van der Waals surface area (Å²) in [5.74, 6) is 0.441. The predicted molar refractivity (Wildman–Crippen MR) is 77.7 cm³/mol. The Labute approximate surface area is 117 Å². The molecule has 0 aromatic carbocycles. The van der Waals surface area contributed by atoms with E-state index in [1.165, 1.54) is 19.3 Å². The summed E-state index contributed by atoms with van der Waals surface area (Å²) >= 11 is 0. The summed E-state index contributed by atoms with van der Waals surface area (Å²) in [4.78, 5) is 12.2. The lowest BCUT2D eigenvalue weighted by atomic mass is 9.71. The standard InChI is InChI=1S/C15H30N2O2/c1-12(2)13(6-9-18)17-14(19)10-15(11-16)7-4-3-5-8-15/h12-13,18H,3-11,16H2,1-2H3,(H,17,19). The summed E-state index contributed by atoms with van der Waals surface area (Å²) < 4.78 is 0. The van der Waals surface area contributed by atoms with Gasteiger partial charge in [0.15, 0.2) is 0 Å². The highest BCUT2D eigenvalue weighted by molar-refractivity contribution is 5.77. The fourth-order valence-electron chi connectivity index (χ4n) is 3.06. The van der Waals surface area contributed by atoms with Gasteiger partial charge in [-0.1, -0.05) is 33.1 Å². The van der Waals surface area contributed by atoms with Crippen molar-refractivity contribution >= 4 is 5.91 Å². The van der Waals surface area contributed by atoms with Crippen LogP contribution in [-0.4, -0.2) is 30.2 Å². The smallest absolute Gasteiger partial charge is 0.220 e. The number of nitrogens with two attached hydrogens (primary N) is 1. The van der Waals surface area contributed by atoms with Crippen LogP contribution in [0.4, 0.5) is 0 Å². The van der Waals surface area contributed by atoms with E-state index in [9.17, 15) is 4.79 Å². The first-order valence-electron chi connectivity index (χ1n) is 7.63. The summed E-state index contributed by atoms with van der Waals surface area (Å²) in [6, 6.07) is 0.0657. The van der Waals surface area contributed by atoms with E-state index in [0.29, 0.717) is 25.3 Å². The summed E-state index contributed by atoms with van der Waals surface area (Å²) in [6.07, 6.45) is 6.95. The molecule has 1 unspecified atom stereocenters. The maximum Gasteiger partial charge on any atom is 0.220 e. The zero-order valence-corrected chi connectivity index (χ0v) is 12.5. The molecule has 0 saturated heterocycles. The van der Waals surface area contributed by atoms with Crippen molar-refractivity contribution in [1.29, 1.82) is 0 Å². The molecule has 0 bridgehead atoms. The van der Waals surface area contributed by atoms with Crippen molar-refractivity contribution < 1.29 is 9.90 Å². The molecule has 1 amide bonds. The largest absolute Gasteiger partial charge is 0.396 e. The van der Waals surface area contributed by atoms with Gasteiger partial charge in [0, 0.05) is 19.1 Å². The van der Waals surface area contributed by atoms with Crippen LogP contribution in [0.15, 0.2) is 0 Å². The molecule has 4 N–H and O–H groups in total. The zero-order chi connectivity index (χ0) is 14.3. The Bertz CT molecular complexity index is 273. The Balaban J connectivity index is 2.52. The molecule has 0 aromatic rings. The number of nitrogens with one attached hydrogen (secondary N) is 1. The molecule has 0 aromatic heterocycles. The van der Waals surface area contributed by atoms with Gasteiger partial charge < -0.3 is 16.2 Å². The number of rotatable bonds is 7. The monoisotopic (exact) mass is 270 g/mol. The van der Waals surface area contributed by atoms with E-state index in [4.69, 9.17) is 10.8 Å². The molecule has 0 spiro atoms. The van der Waals surface area contributed by atoms with Gasteiger partial charge in [0.1, 0.15) is 0 Å². The van der Waals surface area contributed by atoms with Crippen molar-refractivity contribution in [3.05, 3.63) is 0 Å². The van der Waals surface area contributed by atoms with Crippen LogP contribution >= 0.6 is 0 Å². The SMILES string of the molecule is CC(C)C(CCO)NC(=O)CC1(CN)CCCCC1. The summed E-state index contributed by atoms with van der Waals surface area (Å²) in [5, 5.41) is 12.1. The Morgan fingerprint density at radius 2 is 1.95 bits per heavy atom. The molecular weight excluding hydrogens is 240 g/mol. The Morgan fingerprint density at radius 3 is 2.42 bits per heavy atom. The van der Waals surface area contributed by atoms with E-state index in [-0.39, 0.29) is 24.0 Å². The molecule has 4 nitrogen and oxygen atoms in total. The molecule has 1 aliphatic carbocycles. The van der Waals surface area contributed by atoms with E-state index in [1.54, 1.807) is 0 Å². The number of amides is 1. The maximum atomic E-state index is 12.2. The van der Waals surface area contributed by atoms with Gasteiger partial charge in [0.05, 0.1) is 0 Å². The van der Waals surface area contributed by atoms with Crippen molar-refractivity contribution in [2.24, 2.45) is 17.1 Å². The minimum atomic E-state index is 0.0169. The number of hydrogen-bond donors (Lipinski definition) is 3. The lowest BCUT2D eigenvalue weighted by Gasteiger charge is -2.36. The van der Waals surface area contributed by atoms with Gasteiger partial charge in [-0.05, 0) is 37.1 Å². The van der Waals surface area contributed by atoms with E-state index in [1.807, 2.05) is 0 Å². The van der Waals surface area contributed by atoms with E-state index in [0.717, 1.165) is 12.8 Å². The van der Waals surface area contributed by atoms with E-state index >= 15 is 0 Å². The second-order valence-corrected chi connectivity index (χ2v) is 6.37. The van der Waals surface area contributed by atoms with Crippen LogP contribution in [0.1, 0.15) is 58.8 Å². The normalized spacial score (nSPS) is 20.3. The van der Waals surface area contributed by atoms with Crippen LogP contribution in [0.5, 0.6) is 0 Å². The van der Waals surface area contributed by atoms with Gasteiger partial charge in [-0.15, -0.1) is 0 Å². The fourth-order valence-corrected chi connectivity index (χ4v) is 3.06. The summed E-state index contributed by atoms with van der Waals surface area (Å²) in [6.45, 7) is 4.86. The van der Waals surface area contributed by atoms with Crippen molar-refractivity contribution in [3.63, 3.8) is 0 Å². The van der Waals surface area contributed by atoms with Crippen LogP contribution in [0.2, 0.25) is 0 Å². The molecule has 1 atom stereocenters. The lowest BCUT2D eigenvalue weighted by molar-refractivity contribution is -0.125. The average Bonchev–Trinajstić information content (AvgIpc) is 2.39. The maximum absolute atomic E-state index is 12.2. The van der Waals surface area contributed by atoms with Crippen LogP contribution in [0.3, 0.4) is 0 Å². The summed E-state index contributed by atoms with van der Waals surface area (Å²) in [5.41, 5.74) is 5.93. The molecule has 0 heterocycles. The molecule has 19 heavy (non-hydrogen) atoms. The molecule has 0 aliphatic heterocycles. The number of aliphatic hydroxyl groups excluding tert-OH is 1. The number of aliphatic hydroxyl groups is 1. The van der Waals surface area contributed by atoms with Gasteiger partial charge >= 0.3 is 0 Å². The highest BCUT2D eigenvalue weighted by Gasteiger charge is 2.33. The van der Waals surface area contributed by atoms with E-state index in [2.05, 4.69) is 19.2 Å². The highest BCUT2D eigenvalue weighted by atomic mass is 16.3. The van der Waals surface area contributed by atoms with Gasteiger partial charge in [-0.3, -0.25) is 4.79 Å². The molecule has 1 saturated carbocycles. The third-order valence-corrected chi connectivity index (χ3v) is 4.47. The number of carbonyl (C=O) groups is 1. The third kappa shape index (κ3) is 5.11. The van der Waals surface area contributed by atoms with Crippen LogP contribution in [0.25, 0.3) is 0 Å². The van der Waals surface area contributed by atoms with Crippen LogP contribution < -0.4 is 11.1 Å². The Kier molecular flexibility index (Phi) is 6.80. The van der Waals surface area contributed by atoms with Gasteiger partial charge in [0.2, 0.25) is 5.91 Å². The molecule has 1 rings (SSSR count). The fraction of sp³-hybridized carbons (Fsp3) is 0.933. The zero-order valence-electron chi connectivity index (χ0n) is 12.5. The first kappa shape index (κ1) is 16.4. The molecule has 4 heteroatoms. The van der Waals surface area contributed by atoms with E-state index < -0.39 is 0 Å². The number of hydrogen-bond acceptors (Lipinski definition) is 3.